The number of thiophene rings is 1. The summed E-state index contributed by atoms with van der Waals surface area (Å²) in [6.07, 6.45) is 4.34. The largest absolute Gasteiger partial charge is 0.381 e. The van der Waals surface area contributed by atoms with Gasteiger partial charge in [-0.2, -0.15) is 0 Å². The molecule has 2 atom stereocenters. The van der Waals surface area contributed by atoms with Crippen molar-refractivity contribution in [1.82, 2.24) is 10.2 Å². The molecule has 5 heteroatoms. The van der Waals surface area contributed by atoms with Crippen molar-refractivity contribution in [3.8, 4) is 0 Å². The first kappa shape index (κ1) is 13.7. The highest BCUT2D eigenvalue weighted by molar-refractivity contribution is 7.12. The van der Waals surface area contributed by atoms with Gasteiger partial charge < -0.3 is 9.64 Å². The molecule has 1 N–H and O–H groups in total. The fraction of sp³-hybridized carbons (Fsp3) is 0.688. The van der Waals surface area contributed by atoms with E-state index in [2.05, 4.69) is 29.3 Å². The second kappa shape index (κ2) is 5.07. The zero-order valence-corrected chi connectivity index (χ0v) is 13.2. The molecular weight excluding hydrogens is 284 g/mol. The van der Waals surface area contributed by atoms with Crippen LogP contribution in [0.2, 0.25) is 0 Å². The number of ether oxygens (including phenoxy) is 1. The molecule has 2 aliphatic heterocycles. The molecule has 114 valence electrons. The van der Waals surface area contributed by atoms with Gasteiger partial charge >= 0.3 is 0 Å². The van der Waals surface area contributed by atoms with Crippen LogP contribution < -0.4 is 5.32 Å². The summed E-state index contributed by atoms with van der Waals surface area (Å²) < 4.78 is 5.58. The van der Waals surface area contributed by atoms with Crippen molar-refractivity contribution in [2.45, 2.75) is 44.3 Å². The van der Waals surface area contributed by atoms with Gasteiger partial charge in [0, 0.05) is 28.8 Å². The number of carbonyl (C=O) groups excluding carboxylic acids is 1. The lowest BCUT2D eigenvalue weighted by Gasteiger charge is -2.30. The Hall–Kier alpha value is -0.910. The normalized spacial score (nSPS) is 31.1. The van der Waals surface area contributed by atoms with Gasteiger partial charge in [0.25, 0.3) is 0 Å². The van der Waals surface area contributed by atoms with Gasteiger partial charge in [0.2, 0.25) is 5.91 Å². The number of carbonyl (C=O) groups is 1. The Morgan fingerprint density at radius 2 is 2.33 bits per heavy atom. The summed E-state index contributed by atoms with van der Waals surface area (Å²) >= 11 is 1.79. The topological polar surface area (TPSA) is 41.6 Å². The average molecular weight is 306 g/mol. The van der Waals surface area contributed by atoms with Gasteiger partial charge in [-0.15, -0.1) is 11.3 Å². The Morgan fingerprint density at radius 3 is 2.95 bits per heavy atom. The second-order valence-corrected chi connectivity index (χ2v) is 7.94. The SMILES string of the molecule is Cc1ccc(C2NC3(CC3)C(=O)N2CC2CCCOC2)s1. The third-order valence-electron chi connectivity index (χ3n) is 4.89. The number of aryl methyl sites for hydroxylation is 1. The minimum absolute atomic E-state index is 0.0700. The van der Waals surface area contributed by atoms with Crippen LogP contribution in [0.25, 0.3) is 0 Å². The maximum atomic E-state index is 12.8. The highest BCUT2D eigenvalue weighted by Crippen LogP contribution is 2.47. The van der Waals surface area contributed by atoms with Crippen LogP contribution in [0, 0.1) is 12.8 Å². The first-order valence-corrected chi connectivity index (χ1v) is 8.72. The molecule has 3 heterocycles. The second-order valence-electron chi connectivity index (χ2n) is 6.62. The average Bonchev–Trinajstić information content (AvgIpc) is 3.09. The third-order valence-corrected chi connectivity index (χ3v) is 5.94. The van der Waals surface area contributed by atoms with E-state index in [4.69, 9.17) is 4.74 Å². The first-order valence-electron chi connectivity index (χ1n) is 7.91. The predicted molar refractivity (Wildman–Crippen MR) is 82.2 cm³/mol. The molecule has 3 aliphatic rings. The van der Waals surface area contributed by atoms with Crippen LogP contribution in [0.1, 0.15) is 41.6 Å². The molecule has 21 heavy (non-hydrogen) atoms. The number of nitrogens with zero attached hydrogens (tertiary/aromatic N) is 1. The first-order chi connectivity index (χ1) is 10.2. The minimum Gasteiger partial charge on any atom is -0.381 e. The van der Waals surface area contributed by atoms with Crippen LogP contribution in [0.5, 0.6) is 0 Å². The van der Waals surface area contributed by atoms with E-state index in [1.165, 1.54) is 16.2 Å². The van der Waals surface area contributed by atoms with Crippen LogP contribution in [-0.4, -0.2) is 36.1 Å². The van der Waals surface area contributed by atoms with Crippen molar-refractivity contribution in [1.29, 1.82) is 0 Å². The van der Waals surface area contributed by atoms with Crippen molar-refractivity contribution >= 4 is 17.2 Å². The van der Waals surface area contributed by atoms with Gasteiger partial charge in [-0.05, 0) is 44.7 Å². The molecule has 2 saturated heterocycles. The lowest BCUT2D eigenvalue weighted by atomic mass is 10.0. The van der Waals surface area contributed by atoms with E-state index in [1.54, 1.807) is 11.3 Å². The molecule has 1 amide bonds. The zero-order valence-electron chi connectivity index (χ0n) is 12.4. The summed E-state index contributed by atoms with van der Waals surface area (Å²) in [5.74, 6) is 0.797. The molecule has 1 spiro atoms. The molecule has 4 rings (SSSR count). The number of hydrogen-bond acceptors (Lipinski definition) is 4. The highest BCUT2D eigenvalue weighted by atomic mass is 32.1. The summed E-state index contributed by atoms with van der Waals surface area (Å²) in [7, 11) is 0. The standard InChI is InChI=1S/C16H22N2O2S/c1-11-4-5-13(21-11)14-17-16(6-7-16)15(19)18(14)9-12-3-2-8-20-10-12/h4-5,12,14,17H,2-3,6-10H2,1H3. The number of rotatable bonds is 3. The molecule has 1 aromatic heterocycles. The van der Waals surface area contributed by atoms with Crippen LogP contribution in [0.4, 0.5) is 0 Å². The van der Waals surface area contributed by atoms with Crippen LogP contribution in [-0.2, 0) is 9.53 Å². The van der Waals surface area contributed by atoms with Gasteiger partial charge in [-0.3, -0.25) is 10.1 Å². The van der Waals surface area contributed by atoms with Crippen molar-refractivity contribution in [3.05, 3.63) is 21.9 Å². The Labute approximate surface area is 129 Å². The van der Waals surface area contributed by atoms with Gasteiger partial charge in [0.15, 0.2) is 0 Å². The molecule has 0 bridgehead atoms. The summed E-state index contributed by atoms with van der Waals surface area (Å²) in [6.45, 7) is 4.62. The van der Waals surface area contributed by atoms with E-state index < -0.39 is 0 Å². The van der Waals surface area contributed by atoms with E-state index in [1.807, 2.05) is 0 Å². The minimum atomic E-state index is -0.238. The van der Waals surface area contributed by atoms with Gasteiger partial charge in [-0.1, -0.05) is 0 Å². The Balaban J connectivity index is 1.56. The quantitative estimate of drug-likeness (QED) is 0.932. The molecule has 3 fully saturated rings. The van der Waals surface area contributed by atoms with E-state index in [0.29, 0.717) is 11.8 Å². The number of nitrogens with one attached hydrogen (secondary N) is 1. The van der Waals surface area contributed by atoms with Gasteiger partial charge in [-0.25, -0.2) is 0 Å². The Kier molecular flexibility index (Phi) is 3.32. The zero-order chi connectivity index (χ0) is 14.4. The highest BCUT2D eigenvalue weighted by Gasteiger charge is 2.59. The predicted octanol–water partition coefficient (Wildman–Crippen LogP) is 2.45. The van der Waals surface area contributed by atoms with Crippen molar-refractivity contribution in [2.75, 3.05) is 19.8 Å². The summed E-state index contributed by atoms with van der Waals surface area (Å²) in [5, 5.41) is 3.61. The summed E-state index contributed by atoms with van der Waals surface area (Å²) in [4.78, 5) is 17.4. The maximum Gasteiger partial charge on any atom is 0.244 e. The summed E-state index contributed by atoms with van der Waals surface area (Å²) in [6, 6.07) is 4.31. The lowest BCUT2D eigenvalue weighted by molar-refractivity contribution is -0.132. The third kappa shape index (κ3) is 2.41. The maximum absolute atomic E-state index is 12.8. The lowest BCUT2D eigenvalue weighted by Crippen LogP contribution is -2.38. The van der Waals surface area contributed by atoms with Gasteiger partial charge in [0.05, 0.1) is 6.61 Å². The molecule has 1 saturated carbocycles. The van der Waals surface area contributed by atoms with E-state index in [0.717, 1.165) is 39.0 Å². The van der Waals surface area contributed by atoms with Crippen molar-refractivity contribution < 1.29 is 9.53 Å². The molecular formula is C16H22N2O2S. The van der Waals surface area contributed by atoms with E-state index >= 15 is 0 Å². The van der Waals surface area contributed by atoms with Crippen LogP contribution in [0.3, 0.4) is 0 Å². The Bertz CT molecular complexity index is 546. The molecule has 1 aliphatic carbocycles. The van der Waals surface area contributed by atoms with Crippen LogP contribution >= 0.6 is 11.3 Å². The molecule has 1 aromatic rings. The van der Waals surface area contributed by atoms with E-state index in [9.17, 15) is 4.79 Å². The van der Waals surface area contributed by atoms with Crippen LogP contribution in [0.15, 0.2) is 12.1 Å². The number of amides is 1. The fourth-order valence-corrected chi connectivity index (χ4v) is 4.46. The van der Waals surface area contributed by atoms with E-state index in [-0.39, 0.29) is 11.7 Å². The number of hydrogen-bond donors (Lipinski definition) is 1. The fourth-order valence-electron chi connectivity index (χ4n) is 3.52. The van der Waals surface area contributed by atoms with Crippen molar-refractivity contribution in [2.24, 2.45) is 5.92 Å². The summed E-state index contributed by atoms with van der Waals surface area (Å²) in [5.41, 5.74) is -0.238. The molecule has 0 radical (unpaired) electrons. The smallest absolute Gasteiger partial charge is 0.244 e. The molecule has 4 nitrogen and oxygen atoms in total. The van der Waals surface area contributed by atoms with Gasteiger partial charge in [0.1, 0.15) is 11.7 Å². The molecule has 0 aromatic carbocycles. The van der Waals surface area contributed by atoms with Crippen molar-refractivity contribution in [3.63, 3.8) is 0 Å². The molecule has 2 unspecified atom stereocenters. The monoisotopic (exact) mass is 306 g/mol. The Morgan fingerprint density at radius 1 is 1.48 bits per heavy atom.